The Hall–Kier alpha value is -3.30. The van der Waals surface area contributed by atoms with Crippen LogP contribution in [0.2, 0.25) is 0 Å². The van der Waals surface area contributed by atoms with Gasteiger partial charge in [-0.1, -0.05) is 54.6 Å². The first-order valence-corrected chi connectivity index (χ1v) is 16.9. The molecule has 8 heteroatoms. The molecule has 226 valence electrons. The SMILES string of the molecule is Cc1ccc(C(=O)N2CCC(c3cccc(CN)c3)CC2)s1.NCc1cccc(C2CCN(C(=O)c3cccs3)CC2)c1. The Morgan fingerprint density at radius 3 is 1.63 bits per heavy atom. The lowest BCUT2D eigenvalue weighted by Gasteiger charge is -2.32. The highest BCUT2D eigenvalue weighted by atomic mass is 32.1. The van der Waals surface area contributed by atoms with Crippen molar-refractivity contribution < 1.29 is 9.59 Å². The molecular weight excluding hydrogens is 573 g/mol. The van der Waals surface area contributed by atoms with Gasteiger partial charge in [0, 0.05) is 44.1 Å². The van der Waals surface area contributed by atoms with Gasteiger partial charge in [-0.3, -0.25) is 9.59 Å². The van der Waals surface area contributed by atoms with Crippen LogP contribution in [-0.4, -0.2) is 47.8 Å². The smallest absolute Gasteiger partial charge is 0.263 e. The van der Waals surface area contributed by atoms with Crippen molar-refractivity contribution in [3.8, 4) is 0 Å². The van der Waals surface area contributed by atoms with Crippen molar-refractivity contribution >= 4 is 34.5 Å². The zero-order valence-electron chi connectivity index (χ0n) is 24.9. The second-order valence-electron chi connectivity index (χ2n) is 11.4. The van der Waals surface area contributed by atoms with E-state index in [9.17, 15) is 9.59 Å². The third kappa shape index (κ3) is 8.00. The van der Waals surface area contributed by atoms with Gasteiger partial charge in [0.2, 0.25) is 0 Å². The minimum absolute atomic E-state index is 0.180. The molecule has 6 rings (SSSR count). The summed E-state index contributed by atoms with van der Waals surface area (Å²) in [5.41, 5.74) is 16.5. The van der Waals surface area contributed by atoms with Crippen LogP contribution in [0.4, 0.5) is 0 Å². The van der Waals surface area contributed by atoms with Crippen LogP contribution in [-0.2, 0) is 13.1 Å². The highest BCUT2D eigenvalue weighted by Gasteiger charge is 2.26. The molecule has 2 aromatic carbocycles. The van der Waals surface area contributed by atoms with E-state index in [2.05, 4.69) is 48.5 Å². The van der Waals surface area contributed by atoms with Crippen LogP contribution in [0.15, 0.2) is 78.2 Å². The molecule has 4 aromatic rings. The Bertz CT molecular complexity index is 1480. The van der Waals surface area contributed by atoms with Crippen LogP contribution < -0.4 is 11.5 Å². The van der Waals surface area contributed by atoms with Crippen molar-refractivity contribution in [2.45, 2.75) is 57.5 Å². The second-order valence-corrected chi connectivity index (χ2v) is 13.7. The molecule has 0 radical (unpaired) electrons. The molecule has 0 atom stereocenters. The number of nitrogens with two attached hydrogens (primary N) is 2. The van der Waals surface area contributed by atoms with E-state index in [1.165, 1.54) is 38.5 Å². The number of likely N-dealkylation sites (tertiary alicyclic amines) is 2. The first-order valence-electron chi connectivity index (χ1n) is 15.2. The maximum atomic E-state index is 12.5. The van der Waals surface area contributed by atoms with Crippen molar-refractivity contribution in [2.75, 3.05) is 26.2 Å². The molecule has 2 aromatic heterocycles. The first kappa shape index (κ1) is 31.1. The maximum Gasteiger partial charge on any atom is 0.263 e. The summed E-state index contributed by atoms with van der Waals surface area (Å²) in [6.07, 6.45) is 4.13. The normalized spacial score (nSPS) is 16.1. The zero-order valence-corrected chi connectivity index (χ0v) is 26.5. The molecule has 4 heterocycles. The average molecular weight is 615 g/mol. The molecular formula is C35H42N4O2S2. The Kier molecular flexibility index (Phi) is 10.8. The predicted octanol–water partition coefficient (Wildman–Crippen LogP) is 6.76. The lowest BCUT2D eigenvalue weighted by Crippen LogP contribution is -2.37. The number of carbonyl (C=O) groups is 2. The molecule has 2 aliphatic heterocycles. The summed E-state index contributed by atoms with van der Waals surface area (Å²) < 4.78 is 0. The van der Waals surface area contributed by atoms with Gasteiger partial charge in [-0.2, -0.15) is 0 Å². The molecule has 0 saturated carbocycles. The maximum absolute atomic E-state index is 12.5. The number of rotatable bonds is 6. The molecule has 0 aliphatic carbocycles. The molecule has 6 nitrogen and oxygen atoms in total. The molecule has 2 aliphatic rings. The first-order chi connectivity index (χ1) is 20.9. The lowest BCUT2D eigenvalue weighted by molar-refractivity contribution is 0.0710. The van der Waals surface area contributed by atoms with Crippen LogP contribution >= 0.6 is 22.7 Å². The molecule has 2 amide bonds. The summed E-state index contributed by atoms with van der Waals surface area (Å²) in [6, 6.07) is 24.9. The zero-order chi connectivity index (χ0) is 30.2. The van der Waals surface area contributed by atoms with Crippen LogP contribution in [0, 0.1) is 6.92 Å². The van der Waals surface area contributed by atoms with Gasteiger partial charge < -0.3 is 21.3 Å². The van der Waals surface area contributed by atoms with Crippen molar-refractivity contribution in [2.24, 2.45) is 11.5 Å². The minimum atomic E-state index is 0.180. The van der Waals surface area contributed by atoms with Crippen LogP contribution in [0.3, 0.4) is 0 Å². The van der Waals surface area contributed by atoms with Gasteiger partial charge in [0.1, 0.15) is 0 Å². The number of thiophene rings is 2. The summed E-state index contributed by atoms with van der Waals surface area (Å²) >= 11 is 3.11. The third-order valence-corrected chi connectivity index (χ3v) is 10.4. The average Bonchev–Trinajstić information content (AvgIpc) is 3.77. The van der Waals surface area contributed by atoms with Gasteiger partial charge in [0.05, 0.1) is 9.75 Å². The van der Waals surface area contributed by atoms with E-state index in [0.717, 1.165) is 61.6 Å². The fourth-order valence-electron chi connectivity index (χ4n) is 6.04. The Morgan fingerprint density at radius 1 is 0.698 bits per heavy atom. The van der Waals surface area contributed by atoms with E-state index in [0.29, 0.717) is 24.9 Å². The third-order valence-electron chi connectivity index (χ3n) is 8.56. The molecule has 0 bridgehead atoms. The van der Waals surface area contributed by atoms with E-state index in [-0.39, 0.29) is 11.8 Å². The molecule has 43 heavy (non-hydrogen) atoms. The van der Waals surface area contributed by atoms with E-state index in [1.807, 2.05) is 46.4 Å². The van der Waals surface area contributed by atoms with Gasteiger partial charge in [-0.15, -0.1) is 22.7 Å². The van der Waals surface area contributed by atoms with Gasteiger partial charge >= 0.3 is 0 Å². The fourth-order valence-corrected chi connectivity index (χ4v) is 7.57. The number of piperidine rings is 2. The van der Waals surface area contributed by atoms with Crippen molar-refractivity contribution in [3.63, 3.8) is 0 Å². The minimum Gasteiger partial charge on any atom is -0.338 e. The predicted molar refractivity (Wildman–Crippen MR) is 178 cm³/mol. The number of nitrogens with zero attached hydrogens (tertiary/aromatic N) is 2. The molecule has 0 spiro atoms. The number of carbonyl (C=O) groups excluding carboxylic acids is 2. The lowest BCUT2D eigenvalue weighted by atomic mass is 9.88. The fraction of sp³-hybridized carbons (Fsp3) is 0.371. The number of hydrogen-bond donors (Lipinski definition) is 2. The van der Waals surface area contributed by atoms with Crippen molar-refractivity contribution in [1.29, 1.82) is 0 Å². The second kappa shape index (κ2) is 14.9. The molecule has 0 unspecified atom stereocenters. The van der Waals surface area contributed by atoms with Gasteiger partial charge in [0.15, 0.2) is 0 Å². The van der Waals surface area contributed by atoms with Crippen LogP contribution in [0.1, 0.15) is 84.0 Å². The van der Waals surface area contributed by atoms with Gasteiger partial charge in [-0.25, -0.2) is 0 Å². The summed E-state index contributed by atoms with van der Waals surface area (Å²) in [4.78, 5) is 31.7. The Labute approximate surface area is 263 Å². The Morgan fingerprint density at radius 2 is 1.21 bits per heavy atom. The summed E-state index contributed by atoms with van der Waals surface area (Å²) in [5.74, 6) is 1.45. The molecule has 4 N–H and O–H groups in total. The van der Waals surface area contributed by atoms with E-state index in [4.69, 9.17) is 11.5 Å². The Balaban J connectivity index is 0.000000171. The summed E-state index contributed by atoms with van der Waals surface area (Å²) in [7, 11) is 0. The topological polar surface area (TPSA) is 92.7 Å². The van der Waals surface area contributed by atoms with Crippen molar-refractivity contribution in [1.82, 2.24) is 9.80 Å². The van der Waals surface area contributed by atoms with Crippen molar-refractivity contribution in [3.05, 3.63) is 115 Å². The largest absolute Gasteiger partial charge is 0.338 e. The highest BCUT2D eigenvalue weighted by molar-refractivity contribution is 7.14. The molecule has 2 saturated heterocycles. The summed E-state index contributed by atoms with van der Waals surface area (Å²) in [5, 5.41) is 1.96. The van der Waals surface area contributed by atoms with E-state index >= 15 is 0 Å². The number of benzene rings is 2. The van der Waals surface area contributed by atoms with E-state index in [1.54, 1.807) is 11.3 Å². The monoisotopic (exact) mass is 614 g/mol. The highest BCUT2D eigenvalue weighted by Crippen LogP contribution is 2.31. The number of aryl methyl sites for hydroxylation is 1. The number of hydrogen-bond acceptors (Lipinski definition) is 6. The standard InChI is InChI=1S/C18H22N2OS.C17H20N2OS/c1-13-5-6-17(22-13)18(21)20-9-7-15(8-10-20)16-4-2-3-14(11-16)12-19;18-12-13-3-1-4-15(11-13)14-6-8-19(9-7-14)17(20)16-5-2-10-21-16/h2-6,11,15H,7-10,12,19H2,1H3;1-5,10-11,14H,6-9,12,18H2. The quantitative estimate of drug-likeness (QED) is 0.251. The van der Waals surface area contributed by atoms with Crippen LogP contribution in [0.25, 0.3) is 0 Å². The number of amides is 2. The van der Waals surface area contributed by atoms with Crippen LogP contribution in [0.5, 0.6) is 0 Å². The van der Waals surface area contributed by atoms with Gasteiger partial charge in [0.25, 0.3) is 11.8 Å². The van der Waals surface area contributed by atoms with Gasteiger partial charge in [-0.05, 0) is 90.3 Å². The molecule has 2 fully saturated rings. The summed E-state index contributed by atoms with van der Waals surface area (Å²) in [6.45, 7) is 6.58. The van der Waals surface area contributed by atoms with E-state index < -0.39 is 0 Å².